The molecule has 0 heterocycles. The van der Waals surface area contributed by atoms with Gasteiger partial charge in [0.2, 0.25) is 0 Å². The molecule has 0 aliphatic heterocycles. The van der Waals surface area contributed by atoms with Crippen LogP contribution in [0.3, 0.4) is 0 Å². The van der Waals surface area contributed by atoms with Crippen molar-refractivity contribution >= 4 is 0 Å². The molecule has 1 aromatic carbocycles. The molecule has 3 heteroatoms. The molecule has 0 radical (unpaired) electrons. The summed E-state index contributed by atoms with van der Waals surface area (Å²) in [7, 11) is 0. The molecule has 1 aliphatic carbocycles. The van der Waals surface area contributed by atoms with Crippen molar-refractivity contribution in [2.24, 2.45) is 5.73 Å². The number of benzene rings is 1. The van der Waals surface area contributed by atoms with E-state index >= 15 is 0 Å². The van der Waals surface area contributed by atoms with Crippen LogP contribution < -0.4 is 5.73 Å². The van der Waals surface area contributed by atoms with Crippen LogP contribution in [0.5, 0.6) is 0 Å². The van der Waals surface area contributed by atoms with E-state index in [1.165, 1.54) is 0 Å². The average Bonchev–Trinajstić information content (AvgIpc) is 2.52. The predicted molar refractivity (Wildman–Crippen MR) is 64.9 cm³/mol. The molecule has 2 N–H and O–H groups in total. The lowest BCUT2D eigenvalue weighted by molar-refractivity contribution is 0.448. The van der Waals surface area contributed by atoms with E-state index in [1.54, 1.807) is 19.1 Å². The summed E-state index contributed by atoms with van der Waals surface area (Å²) in [4.78, 5) is 0. The Bertz CT molecular complexity index is 403. The molecule has 0 spiro atoms. The second-order valence-corrected chi connectivity index (χ2v) is 5.01. The first-order chi connectivity index (χ1) is 8.11. The highest BCUT2D eigenvalue weighted by atomic mass is 19.2. The quantitative estimate of drug-likeness (QED) is 0.744. The average molecular weight is 239 g/mol. The fraction of sp³-hybridized carbons (Fsp3) is 0.571. The summed E-state index contributed by atoms with van der Waals surface area (Å²) < 4.78 is 27.5. The first kappa shape index (κ1) is 12.5. The second kappa shape index (κ2) is 5.13. The van der Waals surface area contributed by atoms with Gasteiger partial charge in [-0.1, -0.05) is 31.4 Å². The zero-order valence-corrected chi connectivity index (χ0v) is 10.2. The van der Waals surface area contributed by atoms with Crippen LogP contribution in [-0.2, 0) is 0 Å². The van der Waals surface area contributed by atoms with E-state index in [4.69, 9.17) is 5.73 Å². The van der Waals surface area contributed by atoms with E-state index < -0.39 is 11.6 Å². The number of hydrogen-bond acceptors (Lipinski definition) is 1. The summed E-state index contributed by atoms with van der Waals surface area (Å²) in [5, 5.41) is 0. The zero-order chi connectivity index (χ0) is 12.4. The molecular formula is C14H19F2N. The number of halogens is 2. The molecule has 1 aliphatic rings. The lowest BCUT2D eigenvalue weighted by Gasteiger charge is -2.22. The standard InChI is InChI=1S/C14H19F2N/c1-9-7-8-11(14(16)13(9)15)10-5-3-2-4-6-12(10)17/h7-8,10,12H,2-6,17H2,1H3. The van der Waals surface area contributed by atoms with E-state index in [1.807, 2.05) is 0 Å². The molecule has 0 aromatic heterocycles. The van der Waals surface area contributed by atoms with Crippen LogP contribution in [0.4, 0.5) is 8.78 Å². The topological polar surface area (TPSA) is 26.0 Å². The molecule has 1 saturated carbocycles. The van der Waals surface area contributed by atoms with Gasteiger partial charge in [0, 0.05) is 12.0 Å². The van der Waals surface area contributed by atoms with Crippen molar-refractivity contribution in [1.82, 2.24) is 0 Å². The summed E-state index contributed by atoms with van der Waals surface area (Å²) in [6.45, 7) is 1.58. The smallest absolute Gasteiger partial charge is 0.162 e. The predicted octanol–water partition coefficient (Wildman–Crippen LogP) is 3.65. The molecule has 2 unspecified atom stereocenters. The molecule has 1 nitrogen and oxygen atoms in total. The van der Waals surface area contributed by atoms with Gasteiger partial charge in [-0.25, -0.2) is 8.78 Å². The maximum atomic E-state index is 13.9. The minimum atomic E-state index is -0.723. The van der Waals surface area contributed by atoms with Crippen LogP contribution in [0.1, 0.15) is 49.1 Å². The van der Waals surface area contributed by atoms with E-state index in [2.05, 4.69) is 0 Å². The Morgan fingerprint density at radius 2 is 1.76 bits per heavy atom. The van der Waals surface area contributed by atoms with Gasteiger partial charge in [0.15, 0.2) is 11.6 Å². The van der Waals surface area contributed by atoms with Crippen molar-refractivity contribution in [3.05, 3.63) is 34.9 Å². The highest BCUT2D eigenvalue weighted by Crippen LogP contribution is 2.33. The van der Waals surface area contributed by atoms with Crippen LogP contribution in [-0.4, -0.2) is 6.04 Å². The summed E-state index contributed by atoms with van der Waals surface area (Å²) in [5.74, 6) is -1.46. The van der Waals surface area contributed by atoms with Crippen LogP contribution in [0.15, 0.2) is 12.1 Å². The van der Waals surface area contributed by atoms with Gasteiger partial charge in [-0.15, -0.1) is 0 Å². The number of rotatable bonds is 1. The van der Waals surface area contributed by atoms with Crippen molar-refractivity contribution in [3.63, 3.8) is 0 Å². The molecule has 2 atom stereocenters. The van der Waals surface area contributed by atoms with E-state index in [9.17, 15) is 8.78 Å². The highest BCUT2D eigenvalue weighted by molar-refractivity contribution is 5.29. The minimum Gasteiger partial charge on any atom is -0.327 e. The third-order valence-corrected chi connectivity index (χ3v) is 3.77. The molecule has 0 amide bonds. The minimum absolute atomic E-state index is 0.0346. The SMILES string of the molecule is Cc1ccc(C2CCCCCC2N)c(F)c1F. The largest absolute Gasteiger partial charge is 0.327 e. The zero-order valence-electron chi connectivity index (χ0n) is 10.2. The van der Waals surface area contributed by atoms with Gasteiger partial charge in [-0.3, -0.25) is 0 Å². The highest BCUT2D eigenvalue weighted by Gasteiger charge is 2.26. The summed E-state index contributed by atoms with van der Waals surface area (Å²) >= 11 is 0. The molecule has 2 rings (SSSR count). The van der Waals surface area contributed by atoms with Gasteiger partial charge < -0.3 is 5.73 Å². The Labute approximate surface area is 101 Å². The van der Waals surface area contributed by atoms with Gasteiger partial charge in [-0.2, -0.15) is 0 Å². The van der Waals surface area contributed by atoms with Crippen molar-refractivity contribution in [2.45, 2.75) is 51.0 Å². The molecular weight excluding hydrogens is 220 g/mol. The Morgan fingerprint density at radius 1 is 1.06 bits per heavy atom. The van der Waals surface area contributed by atoms with E-state index in [-0.39, 0.29) is 12.0 Å². The third-order valence-electron chi connectivity index (χ3n) is 3.77. The third kappa shape index (κ3) is 2.49. The molecule has 94 valence electrons. The lowest BCUT2D eigenvalue weighted by atomic mass is 9.87. The van der Waals surface area contributed by atoms with Crippen molar-refractivity contribution in [3.8, 4) is 0 Å². The lowest BCUT2D eigenvalue weighted by Crippen LogP contribution is -2.28. The summed E-state index contributed by atoms with van der Waals surface area (Å²) in [6, 6.07) is 3.30. The molecule has 0 saturated heterocycles. The van der Waals surface area contributed by atoms with E-state index in [0.717, 1.165) is 32.1 Å². The van der Waals surface area contributed by atoms with Crippen LogP contribution in [0.2, 0.25) is 0 Å². The Kier molecular flexibility index (Phi) is 3.77. The van der Waals surface area contributed by atoms with Crippen molar-refractivity contribution in [2.75, 3.05) is 0 Å². The van der Waals surface area contributed by atoms with Gasteiger partial charge in [0.1, 0.15) is 0 Å². The fourth-order valence-corrected chi connectivity index (χ4v) is 2.67. The molecule has 1 fully saturated rings. The first-order valence-electron chi connectivity index (χ1n) is 6.31. The fourth-order valence-electron chi connectivity index (χ4n) is 2.67. The maximum absolute atomic E-state index is 13.9. The molecule has 1 aromatic rings. The van der Waals surface area contributed by atoms with Gasteiger partial charge >= 0.3 is 0 Å². The van der Waals surface area contributed by atoms with Gasteiger partial charge in [-0.05, 0) is 30.9 Å². The maximum Gasteiger partial charge on any atom is 0.162 e. The van der Waals surface area contributed by atoms with Crippen LogP contribution >= 0.6 is 0 Å². The number of aryl methyl sites for hydroxylation is 1. The van der Waals surface area contributed by atoms with Crippen molar-refractivity contribution in [1.29, 1.82) is 0 Å². The number of hydrogen-bond donors (Lipinski definition) is 1. The van der Waals surface area contributed by atoms with Crippen molar-refractivity contribution < 1.29 is 8.78 Å². The number of nitrogens with two attached hydrogens (primary N) is 1. The first-order valence-corrected chi connectivity index (χ1v) is 6.31. The Hall–Kier alpha value is -0.960. The van der Waals surface area contributed by atoms with E-state index in [0.29, 0.717) is 11.1 Å². The molecule has 0 bridgehead atoms. The van der Waals surface area contributed by atoms with Crippen LogP contribution in [0, 0.1) is 18.6 Å². The normalized spacial score (nSPS) is 25.6. The van der Waals surface area contributed by atoms with Gasteiger partial charge in [0.05, 0.1) is 0 Å². The molecule has 17 heavy (non-hydrogen) atoms. The summed E-state index contributed by atoms with van der Waals surface area (Å²) in [5.41, 5.74) is 6.89. The van der Waals surface area contributed by atoms with Crippen LogP contribution in [0.25, 0.3) is 0 Å². The van der Waals surface area contributed by atoms with Gasteiger partial charge in [0.25, 0.3) is 0 Å². The Morgan fingerprint density at radius 3 is 2.53 bits per heavy atom. The second-order valence-electron chi connectivity index (χ2n) is 5.01. The monoisotopic (exact) mass is 239 g/mol. The summed E-state index contributed by atoms with van der Waals surface area (Å²) in [6.07, 6.45) is 5.04. The Balaban J connectivity index is 2.35.